The van der Waals surface area contributed by atoms with Crippen molar-refractivity contribution in [2.24, 2.45) is 17.8 Å². The number of pyridine rings is 2. The third-order valence-electron chi connectivity index (χ3n) is 9.33. The second kappa shape index (κ2) is 18.0. The molecule has 3 heterocycles. The zero-order valence-corrected chi connectivity index (χ0v) is 33.8. The van der Waals surface area contributed by atoms with Gasteiger partial charge in [0.2, 0.25) is 0 Å². The Morgan fingerprint density at radius 1 is 0.980 bits per heavy atom. The van der Waals surface area contributed by atoms with Crippen molar-refractivity contribution >= 4 is 27.5 Å². The summed E-state index contributed by atoms with van der Waals surface area (Å²) in [6.45, 7) is 19.2. The van der Waals surface area contributed by atoms with Crippen molar-refractivity contribution in [3.63, 3.8) is 0 Å². The Morgan fingerprint density at radius 2 is 1.64 bits per heavy atom. The molecular weight excluding hydrogens is 797 g/mol. The van der Waals surface area contributed by atoms with Crippen LogP contribution >= 0.6 is 0 Å². The molecule has 0 bridgehead atoms. The van der Waals surface area contributed by atoms with E-state index in [-0.39, 0.29) is 48.9 Å². The Morgan fingerprint density at radius 3 is 2.26 bits per heavy atom. The minimum atomic E-state index is 0. The van der Waals surface area contributed by atoms with Crippen LogP contribution in [0.3, 0.4) is 0 Å². The number of furan rings is 1. The smallest absolute Gasteiger partial charge is 0.162 e. The first-order valence-electron chi connectivity index (χ1n) is 17.9. The number of hydrogen-bond donors (Lipinski definition) is 1. The van der Waals surface area contributed by atoms with Gasteiger partial charge in [0.25, 0.3) is 0 Å². The molecule has 0 unspecified atom stereocenters. The number of benzene rings is 2. The van der Waals surface area contributed by atoms with Gasteiger partial charge in [0.1, 0.15) is 17.0 Å². The molecule has 5 aromatic rings. The van der Waals surface area contributed by atoms with E-state index in [0.29, 0.717) is 5.92 Å². The van der Waals surface area contributed by atoms with Crippen LogP contribution in [0, 0.1) is 30.9 Å². The Hall–Kier alpha value is -3.73. The summed E-state index contributed by atoms with van der Waals surface area (Å²) in [7, 11) is 4.24. The minimum Gasteiger partial charge on any atom is -0.512 e. The molecule has 5 rings (SSSR count). The van der Waals surface area contributed by atoms with E-state index >= 15 is 0 Å². The van der Waals surface area contributed by atoms with Crippen molar-refractivity contribution in [3.8, 4) is 22.5 Å². The standard InChI is InChI=1S/C31H31N2O.C13H24O2.Ir/c1-20(2)13-25-15-24-19-32-28(18-30(24)34-25)22-11-12-33(6)29(17-22)23-14-21-9-7-8-10-26(21)27(16-23)31(3,4)5;1-5-10(6-2)12(14)9-13(15)11(7-3)8-4;/h7-12,15-20H,6,13H2,1-5H3;9-11,14H,5-8H2,1-4H3;/q-1;;/b;12-9-;. The van der Waals surface area contributed by atoms with E-state index in [0.717, 1.165) is 76.7 Å². The Kier molecular flexibility index (Phi) is 14.6. The molecule has 0 aliphatic carbocycles. The number of aliphatic hydroxyl groups is 1. The molecular formula is C44H55IrN2O3-. The number of rotatable bonds is 11. The molecule has 50 heavy (non-hydrogen) atoms. The summed E-state index contributed by atoms with van der Waals surface area (Å²) in [6.07, 6.45) is 9.73. The third kappa shape index (κ3) is 9.95. The molecule has 0 spiro atoms. The van der Waals surface area contributed by atoms with E-state index in [1.807, 2.05) is 56.8 Å². The first-order valence-corrected chi connectivity index (χ1v) is 17.9. The van der Waals surface area contributed by atoms with Crippen molar-refractivity contribution in [3.05, 3.63) is 103 Å². The summed E-state index contributed by atoms with van der Waals surface area (Å²) < 4.78 is 8.02. The molecule has 3 aromatic heterocycles. The molecule has 6 heteroatoms. The predicted molar refractivity (Wildman–Crippen MR) is 203 cm³/mol. The fraction of sp³-hybridized carbons (Fsp3) is 0.409. The molecule has 1 radical (unpaired) electrons. The van der Waals surface area contributed by atoms with E-state index in [1.54, 1.807) is 0 Å². The largest absolute Gasteiger partial charge is 0.512 e. The maximum absolute atomic E-state index is 11.7. The number of fused-ring (bicyclic) bond motifs is 2. The molecule has 2 aromatic carbocycles. The molecule has 269 valence electrons. The van der Waals surface area contributed by atoms with Crippen molar-refractivity contribution in [2.45, 2.75) is 99.8 Å². The van der Waals surface area contributed by atoms with Crippen molar-refractivity contribution < 1.29 is 39.0 Å². The van der Waals surface area contributed by atoms with E-state index in [4.69, 9.17) is 9.40 Å². The average Bonchev–Trinajstić information content (AvgIpc) is 3.46. The van der Waals surface area contributed by atoms with Crippen molar-refractivity contribution in [1.29, 1.82) is 0 Å². The van der Waals surface area contributed by atoms with Gasteiger partial charge in [-0.3, -0.25) is 9.78 Å². The number of ketones is 1. The average molecular weight is 852 g/mol. The summed E-state index contributed by atoms with van der Waals surface area (Å²) >= 11 is 0. The number of aromatic nitrogens is 2. The van der Waals surface area contributed by atoms with Crippen LogP contribution in [0.5, 0.6) is 0 Å². The molecule has 0 saturated heterocycles. The minimum absolute atomic E-state index is 0. The van der Waals surface area contributed by atoms with Gasteiger partial charge < -0.3 is 14.1 Å². The van der Waals surface area contributed by atoms with Crippen LogP contribution in [0.2, 0.25) is 0 Å². The van der Waals surface area contributed by atoms with Crippen molar-refractivity contribution in [1.82, 2.24) is 4.98 Å². The van der Waals surface area contributed by atoms with Gasteiger partial charge in [0.15, 0.2) is 5.78 Å². The fourth-order valence-electron chi connectivity index (χ4n) is 6.34. The number of carbonyl (C=O) groups excluding carboxylic acids is 1. The van der Waals surface area contributed by atoms with Crippen LogP contribution in [0.1, 0.15) is 99.3 Å². The molecule has 0 fully saturated rings. The third-order valence-corrected chi connectivity index (χ3v) is 9.33. The Labute approximate surface area is 313 Å². The maximum Gasteiger partial charge on any atom is 0.162 e. The Bertz CT molecular complexity index is 1910. The zero-order valence-electron chi connectivity index (χ0n) is 31.4. The molecule has 0 saturated carbocycles. The number of nitrogens with zero attached hydrogens (tertiary/aromatic N) is 2. The van der Waals surface area contributed by atoms with Crippen molar-refractivity contribution in [2.75, 3.05) is 0 Å². The number of aliphatic hydroxyl groups excluding tert-OH is 1. The summed E-state index contributed by atoms with van der Waals surface area (Å²) in [5, 5.41) is 13.2. The number of allylic oxidation sites excluding steroid dienone is 2. The number of hydrogen-bond acceptors (Lipinski definition) is 4. The van der Waals surface area contributed by atoms with Crippen LogP contribution in [0.25, 0.3) is 44.3 Å². The van der Waals surface area contributed by atoms with Gasteiger partial charge in [0.05, 0.1) is 17.6 Å². The monoisotopic (exact) mass is 852 g/mol. The summed E-state index contributed by atoms with van der Waals surface area (Å²) in [5.74, 6) is 2.10. The fourth-order valence-corrected chi connectivity index (χ4v) is 6.34. The quantitative estimate of drug-likeness (QED) is 0.0622. The van der Waals surface area contributed by atoms with Crippen LogP contribution in [0.15, 0.2) is 83.2 Å². The zero-order chi connectivity index (χ0) is 35.9. The van der Waals surface area contributed by atoms with Gasteiger partial charge in [-0.2, -0.15) is 0 Å². The van der Waals surface area contributed by atoms with Gasteiger partial charge >= 0.3 is 0 Å². The molecule has 1 N–H and O–H groups in total. The number of carbonyl (C=O) groups is 1. The summed E-state index contributed by atoms with van der Waals surface area (Å²) in [5.41, 5.74) is 6.12. The summed E-state index contributed by atoms with van der Waals surface area (Å²) in [6, 6.07) is 22.7. The van der Waals surface area contributed by atoms with E-state index in [2.05, 4.69) is 90.2 Å². The molecule has 0 aliphatic rings. The molecule has 0 amide bonds. The van der Waals surface area contributed by atoms with Crippen LogP contribution in [-0.4, -0.2) is 15.9 Å². The normalized spacial score (nSPS) is 12.0. The van der Waals surface area contributed by atoms with E-state index in [1.165, 1.54) is 17.0 Å². The SMILES string of the molecule is CCC(CC)C(=O)/C=C(\O)C(CC)CC.[CH2-][n+]1ccc(-c2cc3oc(CC(C)C)cc3cn2)cc1-c1[c-]c2ccccc2c(C(C)(C)C)c1.[Ir]. The second-order valence-electron chi connectivity index (χ2n) is 14.6. The maximum atomic E-state index is 11.7. The van der Waals surface area contributed by atoms with Crippen LogP contribution in [-0.2, 0) is 36.7 Å². The molecule has 0 aliphatic heterocycles. The van der Waals surface area contributed by atoms with Gasteiger partial charge in [-0.05, 0) is 60.8 Å². The van der Waals surface area contributed by atoms with Gasteiger partial charge in [-0.25, -0.2) is 0 Å². The first-order chi connectivity index (χ1) is 23.3. The van der Waals surface area contributed by atoms with Crippen LogP contribution < -0.4 is 4.57 Å². The Balaban J connectivity index is 0.000000361. The van der Waals surface area contributed by atoms with E-state index in [9.17, 15) is 9.90 Å². The molecule has 0 atom stereocenters. The second-order valence-corrected chi connectivity index (χ2v) is 14.6. The van der Waals surface area contributed by atoms with Gasteiger partial charge in [0, 0.05) is 69.1 Å². The topological polar surface area (TPSA) is 67.2 Å². The van der Waals surface area contributed by atoms with Gasteiger partial charge in [-0.1, -0.05) is 91.5 Å². The predicted octanol–water partition coefficient (Wildman–Crippen LogP) is 11.4. The van der Waals surface area contributed by atoms with E-state index < -0.39 is 0 Å². The summed E-state index contributed by atoms with van der Waals surface area (Å²) in [4.78, 5) is 16.5. The first kappa shape index (κ1) is 40.7. The molecule has 5 nitrogen and oxygen atoms in total. The van der Waals surface area contributed by atoms with Gasteiger partial charge in [-0.15, -0.1) is 29.1 Å². The van der Waals surface area contributed by atoms with Crippen LogP contribution in [0.4, 0.5) is 0 Å².